The molecular weight excluding hydrogens is 336 g/mol. The van der Waals surface area contributed by atoms with Crippen LogP contribution in [0.15, 0.2) is 12.1 Å². The summed E-state index contributed by atoms with van der Waals surface area (Å²) in [6.45, 7) is -0.609. The third-order valence-electron chi connectivity index (χ3n) is 4.01. The van der Waals surface area contributed by atoms with Gasteiger partial charge in [-0.15, -0.1) is 0 Å². The summed E-state index contributed by atoms with van der Waals surface area (Å²) in [5, 5.41) is 58.4. The molecule has 1 aliphatic rings. The number of phenolic OH excluding ortho intramolecular Hbond substituents is 2. The van der Waals surface area contributed by atoms with Crippen molar-refractivity contribution in [3.63, 3.8) is 0 Å². The van der Waals surface area contributed by atoms with Crippen LogP contribution in [0.1, 0.15) is 18.4 Å². The van der Waals surface area contributed by atoms with Gasteiger partial charge in [0, 0.05) is 24.1 Å². The Morgan fingerprint density at radius 2 is 1.84 bits per heavy atom. The lowest BCUT2D eigenvalue weighted by Gasteiger charge is -2.39. The molecule has 0 radical (unpaired) electrons. The van der Waals surface area contributed by atoms with Gasteiger partial charge in [0.1, 0.15) is 48.0 Å². The van der Waals surface area contributed by atoms with Gasteiger partial charge >= 0.3 is 0 Å². The van der Waals surface area contributed by atoms with Gasteiger partial charge in [0.15, 0.2) is 0 Å². The molecule has 5 atom stereocenters. The Morgan fingerprint density at radius 1 is 1.12 bits per heavy atom. The zero-order valence-corrected chi connectivity index (χ0v) is 13.4. The number of hydrogen-bond donors (Lipinski definition) is 6. The molecule has 0 saturated carbocycles. The van der Waals surface area contributed by atoms with Gasteiger partial charge in [0.25, 0.3) is 0 Å². The second kappa shape index (κ2) is 8.45. The average Bonchev–Trinajstić information content (AvgIpc) is 2.57. The number of aliphatic hydroxyl groups is 4. The zero-order valence-electron chi connectivity index (χ0n) is 13.4. The van der Waals surface area contributed by atoms with Crippen LogP contribution in [0.5, 0.6) is 17.2 Å². The first-order chi connectivity index (χ1) is 11.9. The number of hydrogen-bond acceptors (Lipinski definition) is 9. The minimum atomic E-state index is -1.62. The Balaban J connectivity index is 2.24. The van der Waals surface area contributed by atoms with Crippen molar-refractivity contribution >= 4 is 6.29 Å². The molecule has 25 heavy (non-hydrogen) atoms. The number of aldehydes is 1. The highest BCUT2D eigenvalue weighted by Crippen LogP contribution is 2.36. The van der Waals surface area contributed by atoms with Crippen molar-refractivity contribution in [1.29, 1.82) is 0 Å². The molecule has 0 aliphatic carbocycles. The number of ether oxygens (including phenoxy) is 2. The third-order valence-corrected chi connectivity index (χ3v) is 4.01. The van der Waals surface area contributed by atoms with Gasteiger partial charge in [0.2, 0.25) is 6.29 Å². The van der Waals surface area contributed by atoms with Gasteiger partial charge in [-0.05, 0) is 12.8 Å². The average molecular weight is 358 g/mol. The van der Waals surface area contributed by atoms with Crippen molar-refractivity contribution in [2.24, 2.45) is 0 Å². The molecule has 0 spiro atoms. The minimum absolute atomic E-state index is 0.00673. The van der Waals surface area contributed by atoms with Crippen molar-refractivity contribution in [2.75, 3.05) is 6.61 Å². The second-order valence-corrected chi connectivity index (χ2v) is 5.82. The van der Waals surface area contributed by atoms with Gasteiger partial charge < -0.3 is 44.9 Å². The van der Waals surface area contributed by atoms with Crippen molar-refractivity contribution < 1.29 is 44.9 Å². The van der Waals surface area contributed by atoms with E-state index in [9.17, 15) is 35.4 Å². The molecule has 0 aromatic heterocycles. The van der Waals surface area contributed by atoms with Crippen LogP contribution in [0, 0.1) is 0 Å². The number of phenols is 2. The van der Waals surface area contributed by atoms with Crippen LogP contribution in [0.2, 0.25) is 0 Å². The summed E-state index contributed by atoms with van der Waals surface area (Å²) in [5.41, 5.74) is 0.289. The number of aliphatic hydroxyl groups excluding tert-OH is 4. The molecular formula is C16H22O9. The van der Waals surface area contributed by atoms with E-state index in [1.54, 1.807) is 0 Å². The zero-order chi connectivity index (χ0) is 18.6. The first kappa shape index (κ1) is 19.4. The molecule has 1 fully saturated rings. The number of carbonyl (C=O) groups excluding carboxylic acids is 1. The summed E-state index contributed by atoms with van der Waals surface area (Å²) in [6.07, 6.45) is -5.66. The van der Waals surface area contributed by atoms with Gasteiger partial charge in [-0.25, -0.2) is 0 Å². The van der Waals surface area contributed by atoms with E-state index in [-0.39, 0.29) is 35.7 Å². The Hall–Kier alpha value is -1.91. The van der Waals surface area contributed by atoms with E-state index in [1.165, 1.54) is 6.07 Å². The Kier molecular flexibility index (Phi) is 6.57. The van der Waals surface area contributed by atoms with Gasteiger partial charge in [-0.3, -0.25) is 0 Å². The fourth-order valence-electron chi connectivity index (χ4n) is 2.62. The number of benzene rings is 1. The van der Waals surface area contributed by atoms with Crippen LogP contribution in [-0.2, 0) is 16.0 Å². The maximum atomic E-state index is 10.5. The third kappa shape index (κ3) is 4.39. The Labute approximate surface area is 143 Å². The summed E-state index contributed by atoms with van der Waals surface area (Å²) >= 11 is 0. The van der Waals surface area contributed by atoms with Crippen LogP contribution in [0.4, 0.5) is 0 Å². The smallest absolute Gasteiger partial charge is 0.229 e. The summed E-state index contributed by atoms with van der Waals surface area (Å²) in [7, 11) is 0. The summed E-state index contributed by atoms with van der Waals surface area (Å²) in [6, 6.07) is 2.30. The fraction of sp³-hybridized carbons (Fsp3) is 0.562. The molecule has 140 valence electrons. The predicted octanol–water partition coefficient (Wildman–Crippen LogP) is -1.20. The maximum Gasteiger partial charge on any atom is 0.229 e. The fourth-order valence-corrected chi connectivity index (χ4v) is 2.62. The molecule has 1 heterocycles. The van der Waals surface area contributed by atoms with E-state index in [2.05, 4.69) is 0 Å². The maximum absolute atomic E-state index is 10.5. The van der Waals surface area contributed by atoms with E-state index < -0.39 is 37.3 Å². The molecule has 9 nitrogen and oxygen atoms in total. The molecule has 9 heteroatoms. The van der Waals surface area contributed by atoms with E-state index in [4.69, 9.17) is 9.47 Å². The van der Waals surface area contributed by atoms with Gasteiger partial charge in [0.05, 0.1) is 6.61 Å². The van der Waals surface area contributed by atoms with Crippen LogP contribution in [0.25, 0.3) is 0 Å². The van der Waals surface area contributed by atoms with Crippen molar-refractivity contribution in [3.05, 3.63) is 17.7 Å². The Morgan fingerprint density at radius 3 is 2.48 bits per heavy atom. The number of unbranched alkanes of at least 4 members (excludes halogenated alkanes) is 1. The van der Waals surface area contributed by atoms with Gasteiger partial charge in [-0.1, -0.05) is 0 Å². The standard InChI is InChI=1S/C16H22O9/c17-4-2-1-3-9-10(20)5-8(19)6-11(9)24-16-15(23)14(22)13(21)12(7-18)25-16/h4-6,12-16,18-23H,1-3,7H2/t12-,13-,14+,15-,16-/m1/s1. The highest BCUT2D eigenvalue weighted by atomic mass is 16.7. The lowest BCUT2D eigenvalue weighted by Crippen LogP contribution is -2.60. The lowest BCUT2D eigenvalue weighted by atomic mass is 9.99. The first-order valence-corrected chi connectivity index (χ1v) is 7.84. The number of aromatic hydroxyl groups is 2. The molecule has 1 aromatic carbocycles. The molecule has 1 saturated heterocycles. The second-order valence-electron chi connectivity index (χ2n) is 5.82. The van der Waals surface area contributed by atoms with Crippen molar-refractivity contribution in [2.45, 2.75) is 50.0 Å². The molecule has 0 unspecified atom stereocenters. The highest BCUT2D eigenvalue weighted by Gasteiger charge is 2.44. The van der Waals surface area contributed by atoms with Crippen LogP contribution >= 0.6 is 0 Å². The Bertz CT molecular complexity index is 589. The summed E-state index contributed by atoms with van der Waals surface area (Å²) < 4.78 is 10.7. The molecule has 1 aromatic rings. The summed E-state index contributed by atoms with van der Waals surface area (Å²) in [4.78, 5) is 10.5. The van der Waals surface area contributed by atoms with E-state index >= 15 is 0 Å². The monoisotopic (exact) mass is 358 g/mol. The van der Waals surface area contributed by atoms with E-state index in [0.717, 1.165) is 12.4 Å². The molecule has 0 amide bonds. The van der Waals surface area contributed by atoms with Gasteiger partial charge in [-0.2, -0.15) is 0 Å². The normalized spacial score (nSPS) is 29.4. The number of rotatable bonds is 7. The quantitative estimate of drug-likeness (QED) is 0.260. The lowest BCUT2D eigenvalue weighted by molar-refractivity contribution is -0.277. The minimum Gasteiger partial charge on any atom is -0.508 e. The molecule has 0 bridgehead atoms. The summed E-state index contributed by atoms with van der Waals surface area (Å²) in [5.74, 6) is -0.561. The molecule has 2 rings (SSSR count). The largest absolute Gasteiger partial charge is 0.508 e. The van der Waals surface area contributed by atoms with Crippen LogP contribution in [-0.4, -0.2) is 74.2 Å². The topological polar surface area (TPSA) is 157 Å². The first-order valence-electron chi connectivity index (χ1n) is 7.84. The van der Waals surface area contributed by atoms with Crippen molar-refractivity contribution in [3.8, 4) is 17.2 Å². The molecule has 1 aliphatic heterocycles. The van der Waals surface area contributed by atoms with Crippen LogP contribution in [0.3, 0.4) is 0 Å². The van der Waals surface area contributed by atoms with E-state index in [1.807, 2.05) is 0 Å². The highest BCUT2D eigenvalue weighted by molar-refractivity contribution is 5.51. The number of carbonyl (C=O) groups is 1. The molecule has 6 N–H and O–H groups in total. The van der Waals surface area contributed by atoms with E-state index in [0.29, 0.717) is 6.42 Å². The SMILES string of the molecule is O=CCCCc1c(O)cc(O)cc1O[C@@H]1O[C@H](CO)[C@@H](O)[C@H](O)[C@H]1O. The predicted molar refractivity (Wildman–Crippen MR) is 83.2 cm³/mol. The van der Waals surface area contributed by atoms with Crippen LogP contribution < -0.4 is 4.74 Å². The van der Waals surface area contributed by atoms with Crippen molar-refractivity contribution in [1.82, 2.24) is 0 Å².